The SMILES string of the molecule is COC(=O)c1cc(S(=O)(=O)n2cccc2)c(Cl)cc1NC(=O)c1ccccc1. The first-order chi connectivity index (χ1) is 13.3. The third-order valence-electron chi connectivity index (χ3n) is 3.89. The maximum absolute atomic E-state index is 12.8. The number of hydrogen-bond donors (Lipinski definition) is 1. The minimum Gasteiger partial charge on any atom is -0.465 e. The van der Waals surface area contributed by atoms with Crippen molar-refractivity contribution in [2.24, 2.45) is 0 Å². The Hall–Kier alpha value is -3.10. The van der Waals surface area contributed by atoms with Gasteiger partial charge in [-0.3, -0.25) is 4.79 Å². The Morgan fingerprint density at radius 2 is 1.68 bits per heavy atom. The van der Waals surface area contributed by atoms with Crippen LogP contribution in [-0.2, 0) is 14.8 Å². The molecule has 0 radical (unpaired) electrons. The van der Waals surface area contributed by atoms with Crippen molar-refractivity contribution < 1.29 is 22.7 Å². The zero-order valence-corrected chi connectivity index (χ0v) is 16.2. The van der Waals surface area contributed by atoms with Gasteiger partial charge in [-0.2, -0.15) is 0 Å². The van der Waals surface area contributed by atoms with Gasteiger partial charge in [0.2, 0.25) is 0 Å². The number of anilines is 1. The number of halogens is 1. The number of benzene rings is 2. The van der Waals surface area contributed by atoms with E-state index in [1.54, 1.807) is 42.5 Å². The number of aromatic nitrogens is 1. The van der Waals surface area contributed by atoms with Gasteiger partial charge in [-0.25, -0.2) is 17.2 Å². The Kier molecular flexibility index (Phi) is 5.53. The number of amides is 1. The van der Waals surface area contributed by atoms with Crippen LogP contribution in [0.2, 0.25) is 5.02 Å². The molecule has 3 rings (SSSR count). The highest BCUT2D eigenvalue weighted by molar-refractivity contribution is 7.90. The lowest BCUT2D eigenvalue weighted by molar-refractivity contribution is 0.0601. The molecule has 0 aliphatic carbocycles. The van der Waals surface area contributed by atoms with Crippen molar-refractivity contribution in [3.05, 3.63) is 83.1 Å². The van der Waals surface area contributed by atoms with Crippen LogP contribution < -0.4 is 5.32 Å². The van der Waals surface area contributed by atoms with Gasteiger partial charge in [0.1, 0.15) is 4.90 Å². The summed E-state index contributed by atoms with van der Waals surface area (Å²) >= 11 is 6.18. The molecule has 0 bridgehead atoms. The summed E-state index contributed by atoms with van der Waals surface area (Å²) in [5.41, 5.74) is 0.262. The standard InChI is InChI=1S/C19H15ClN2O5S/c1-27-19(24)14-11-17(28(25,26)22-9-5-6-10-22)15(20)12-16(14)21-18(23)13-7-3-2-4-8-13/h2-12H,1H3,(H,21,23). The summed E-state index contributed by atoms with van der Waals surface area (Å²) in [7, 11) is -2.87. The van der Waals surface area contributed by atoms with Gasteiger partial charge in [0.05, 0.1) is 23.4 Å². The normalized spacial score (nSPS) is 11.1. The fourth-order valence-electron chi connectivity index (χ4n) is 2.51. The smallest absolute Gasteiger partial charge is 0.340 e. The number of nitrogens with one attached hydrogen (secondary N) is 1. The predicted molar refractivity (Wildman–Crippen MR) is 104 cm³/mol. The lowest BCUT2D eigenvalue weighted by Gasteiger charge is -2.14. The monoisotopic (exact) mass is 418 g/mol. The van der Waals surface area contributed by atoms with Gasteiger partial charge in [0, 0.05) is 18.0 Å². The summed E-state index contributed by atoms with van der Waals surface area (Å²) in [4.78, 5) is 24.4. The highest BCUT2D eigenvalue weighted by atomic mass is 35.5. The Bertz CT molecular complexity index is 1130. The van der Waals surface area contributed by atoms with E-state index in [1.165, 1.54) is 18.5 Å². The van der Waals surface area contributed by atoms with Crippen LogP contribution >= 0.6 is 11.6 Å². The summed E-state index contributed by atoms with van der Waals surface area (Å²) in [6, 6.07) is 13.7. The number of esters is 1. The second-order valence-electron chi connectivity index (χ2n) is 5.66. The van der Waals surface area contributed by atoms with E-state index in [1.807, 2.05) is 0 Å². The summed E-state index contributed by atoms with van der Waals surface area (Å²) < 4.78 is 31.2. The molecule has 1 aromatic heterocycles. The molecule has 0 aliphatic heterocycles. The average molecular weight is 419 g/mol. The van der Waals surface area contributed by atoms with Crippen molar-refractivity contribution in [2.75, 3.05) is 12.4 Å². The first-order valence-electron chi connectivity index (χ1n) is 8.01. The molecule has 0 atom stereocenters. The molecule has 0 fully saturated rings. The molecule has 0 aliphatic rings. The van der Waals surface area contributed by atoms with Crippen molar-refractivity contribution in [3.8, 4) is 0 Å². The molecule has 2 aromatic carbocycles. The van der Waals surface area contributed by atoms with Gasteiger partial charge in [-0.05, 0) is 36.4 Å². The molecular formula is C19H15ClN2O5S. The fourth-order valence-corrected chi connectivity index (χ4v) is 4.23. The minimum absolute atomic E-state index is 0.0390. The molecule has 3 aromatic rings. The maximum atomic E-state index is 12.8. The van der Waals surface area contributed by atoms with Crippen molar-refractivity contribution in [1.29, 1.82) is 0 Å². The van der Waals surface area contributed by atoms with Gasteiger partial charge in [-0.15, -0.1) is 0 Å². The van der Waals surface area contributed by atoms with Crippen molar-refractivity contribution >= 4 is 39.2 Å². The molecule has 0 spiro atoms. The first kappa shape index (κ1) is 19.7. The van der Waals surface area contributed by atoms with Crippen LogP contribution in [0.1, 0.15) is 20.7 Å². The highest BCUT2D eigenvalue weighted by Crippen LogP contribution is 2.31. The molecule has 1 heterocycles. The second kappa shape index (κ2) is 7.87. The van der Waals surface area contributed by atoms with E-state index in [-0.39, 0.29) is 21.2 Å². The summed E-state index contributed by atoms with van der Waals surface area (Å²) in [6.45, 7) is 0. The van der Waals surface area contributed by atoms with Crippen LogP contribution in [0.25, 0.3) is 0 Å². The van der Waals surface area contributed by atoms with Crippen molar-refractivity contribution in [2.45, 2.75) is 4.90 Å². The highest BCUT2D eigenvalue weighted by Gasteiger charge is 2.25. The zero-order chi connectivity index (χ0) is 20.3. The summed E-state index contributed by atoms with van der Waals surface area (Å²) in [5.74, 6) is -1.30. The lowest BCUT2D eigenvalue weighted by Crippen LogP contribution is -2.17. The number of nitrogens with zero attached hydrogens (tertiary/aromatic N) is 1. The van der Waals surface area contributed by atoms with E-state index < -0.39 is 21.9 Å². The number of rotatable bonds is 5. The van der Waals surface area contributed by atoms with Crippen LogP contribution in [0.15, 0.2) is 71.9 Å². The van der Waals surface area contributed by atoms with E-state index in [0.29, 0.717) is 5.56 Å². The summed E-state index contributed by atoms with van der Waals surface area (Å²) in [6.07, 6.45) is 2.68. The molecule has 0 unspecified atom stereocenters. The van der Waals surface area contributed by atoms with Crippen LogP contribution in [0.4, 0.5) is 5.69 Å². The van der Waals surface area contributed by atoms with E-state index in [4.69, 9.17) is 16.3 Å². The Balaban J connectivity index is 2.08. The molecular weight excluding hydrogens is 404 g/mol. The van der Waals surface area contributed by atoms with Crippen molar-refractivity contribution in [1.82, 2.24) is 3.97 Å². The average Bonchev–Trinajstić information content (AvgIpc) is 3.24. The molecule has 144 valence electrons. The topological polar surface area (TPSA) is 94.5 Å². The molecule has 1 N–H and O–H groups in total. The van der Waals surface area contributed by atoms with Gasteiger partial charge in [0.15, 0.2) is 0 Å². The predicted octanol–water partition coefficient (Wildman–Crippen LogP) is 3.42. The third-order valence-corrected chi connectivity index (χ3v) is 6.01. The molecule has 7 nitrogen and oxygen atoms in total. The molecule has 9 heteroatoms. The van der Waals surface area contributed by atoms with E-state index in [0.717, 1.165) is 17.1 Å². The van der Waals surface area contributed by atoms with Crippen molar-refractivity contribution in [3.63, 3.8) is 0 Å². The van der Waals surface area contributed by atoms with Crippen LogP contribution in [0.3, 0.4) is 0 Å². The largest absolute Gasteiger partial charge is 0.465 e. The number of hydrogen-bond acceptors (Lipinski definition) is 5. The number of carbonyl (C=O) groups is 2. The van der Waals surface area contributed by atoms with E-state index in [2.05, 4.69) is 5.32 Å². The van der Waals surface area contributed by atoms with Crippen LogP contribution in [0.5, 0.6) is 0 Å². The number of ether oxygens (including phenoxy) is 1. The maximum Gasteiger partial charge on any atom is 0.340 e. The van der Waals surface area contributed by atoms with Crippen LogP contribution in [0, 0.1) is 0 Å². The third kappa shape index (κ3) is 3.78. The Labute approximate surface area is 166 Å². The number of carbonyl (C=O) groups excluding carboxylic acids is 2. The van der Waals surface area contributed by atoms with E-state index >= 15 is 0 Å². The van der Waals surface area contributed by atoms with Gasteiger partial charge < -0.3 is 10.1 Å². The van der Waals surface area contributed by atoms with Crippen LogP contribution in [-0.4, -0.2) is 31.4 Å². The second-order valence-corrected chi connectivity index (χ2v) is 7.88. The summed E-state index contributed by atoms with van der Waals surface area (Å²) in [5, 5.41) is 2.42. The Morgan fingerprint density at radius 1 is 1.04 bits per heavy atom. The van der Waals surface area contributed by atoms with Gasteiger partial charge in [0.25, 0.3) is 15.9 Å². The lowest BCUT2D eigenvalue weighted by atomic mass is 10.1. The van der Waals surface area contributed by atoms with Gasteiger partial charge in [-0.1, -0.05) is 29.8 Å². The molecule has 0 saturated carbocycles. The fraction of sp³-hybridized carbons (Fsp3) is 0.0526. The minimum atomic E-state index is -4.02. The Morgan fingerprint density at radius 3 is 2.29 bits per heavy atom. The van der Waals surface area contributed by atoms with E-state index in [9.17, 15) is 18.0 Å². The molecule has 0 saturated heterocycles. The zero-order valence-electron chi connectivity index (χ0n) is 14.6. The molecule has 1 amide bonds. The van der Waals surface area contributed by atoms with Gasteiger partial charge >= 0.3 is 5.97 Å². The first-order valence-corrected chi connectivity index (χ1v) is 9.83. The number of methoxy groups -OCH3 is 1. The quantitative estimate of drug-likeness (QED) is 0.640. The molecule has 28 heavy (non-hydrogen) atoms.